The molecule has 0 bridgehead atoms. The van der Waals surface area contributed by atoms with Gasteiger partial charge in [0.1, 0.15) is 11.6 Å². The van der Waals surface area contributed by atoms with Crippen molar-refractivity contribution in [2.75, 3.05) is 11.9 Å². The van der Waals surface area contributed by atoms with Gasteiger partial charge in [0, 0.05) is 24.0 Å². The second-order valence-corrected chi connectivity index (χ2v) is 5.07. The van der Waals surface area contributed by atoms with Crippen LogP contribution < -0.4 is 10.1 Å². The number of imidazole rings is 1. The van der Waals surface area contributed by atoms with Gasteiger partial charge in [0.25, 0.3) is 5.88 Å². The molecule has 0 aliphatic carbocycles. The number of halogens is 1. The van der Waals surface area contributed by atoms with Crippen LogP contribution in [0, 0.1) is 6.92 Å². The Kier molecular flexibility index (Phi) is 3.66. The normalized spacial score (nSPS) is 10.8. The predicted molar refractivity (Wildman–Crippen MR) is 83.4 cm³/mol. The number of benzene rings is 1. The summed E-state index contributed by atoms with van der Waals surface area (Å²) in [4.78, 5) is 8.76. The molecule has 0 saturated heterocycles. The number of fused-ring (bicyclic) bond motifs is 1. The lowest BCUT2D eigenvalue weighted by molar-refractivity contribution is 0.462. The van der Waals surface area contributed by atoms with Crippen molar-refractivity contribution < 1.29 is 4.74 Å². The molecule has 3 aromatic rings. The van der Waals surface area contributed by atoms with Crippen molar-refractivity contribution in [2.45, 2.75) is 13.8 Å². The van der Waals surface area contributed by atoms with Crippen LogP contribution in [0.4, 0.5) is 5.82 Å². The number of aromatic nitrogens is 3. The highest BCUT2D eigenvalue weighted by atomic mass is 35.5. The predicted octanol–water partition coefficient (Wildman–Crippen LogP) is 3.92. The molecule has 0 unspecified atom stereocenters. The van der Waals surface area contributed by atoms with Crippen molar-refractivity contribution in [1.29, 1.82) is 0 Å². The zero-order valence-electron chi connectivity index (χ0n) is 11.8. The topological polar surface area (TPSA) is 51.5 Å². The number of rotatable bonds is 4. The Morgan fingerprint density at radius 3 is 3.00 bits per heavy atom. The highest BCUT2D eigenvalue weighted by molar-refractivity contribution is 6.30. The lowest BCUT2D eigenvalue weighted by Crippen LogP contribution is -2.03. The molecule has 1 aromatic carbocycles. The molecule has 0 aliphatic heterocycles. The smallest absolute Gasteiger partial charge is 0.265 e. The van der Waals surface area contributed by atoms with Crippen LogP contribution in [0.15, 0.2) is 36.8 Å². The minimum atomic E-state index is 0.462. The zero-order chi connectivity index (χ0) is 14.8. The summed E-state index contributed by atoms with van der Waals surface area (Å²) >= 11 is 5.97. The van der Waals surface area contributed by atoms with Crippen LogP contribution in [0.25, 0.3) is 5.65 Å². The summed E-state index contributed by atoms with van der Waals surface area (Å²) in [5, 5.41) is 3.86. The first-order valence-corrected chi connectivity index (χ1v) is 7.06. The van der Waals surface area contributed by atoms with Crippen molar-refractivity contribution in [1.82, 2.24) is 14.4 Å². The molecule has 2 aromatic heterocycles. The van der Waals surface area contributed by atoms with Gasteiger partial charge in [-0.25, -0.2) is 4.98 Å². The van der Waals surface area contributed by atoms with E-state index >= 15 is 0 Å². The van der Waals surface area contributed by atoms with Crippen LogP contribution in [-0.4, -0.2) is 20.9 Å². The van der Waals surface area contributed by atoms with Gasteiger partial charge in [-0.15, -0.1) is 0 Å². The molecule has 0 radical (unpaired) electrons. The first kappa shape index (κ1) is 13.7. The minimum absolute atomic E-state index is 0.462. The van der Waals surface area contributed by atoms with Crippen LogP contribution in [0.1, 0.15) is 12.5 Å². The van der Waals surface area contributed by atoms with Crippen molar-refractivity contribution in [3.63, 3.8) is 0 Å². The average Bonchev–Trinajstić information content (AvgIpc) is 2.91. The molecular formula is C15H15ClN4O. The second kappa shape index (κ2) is 5.61. The van der Waals surface area contributed by atoms with Crippen molar-refractivity contribution in [2.24, 2.45) is 0 Å². The van der Waals surface area contributed by atoms with Gasteiger partial charge < -0.3 is 10.1 Å². The van der Waals surface area contributed by atoms with E-state index in [1.165, 1.54) is 0 Å². The van der Waals surface area contributed by atoms with Crippen LogP contribution >= 0.6 is 11.6 Å². The highest BCUT2D eigenvalue weighted by Crippen LogP contribution is 2.29. The standard InChI is InChI=1S/C15H15ClN4O/c1-3-17-13-9-20-7-6-18-14(20)15(19-13)21-12-5-4-11(16)8-10(12)2/h4-9,17H,3H2,1-2H3. The number of hydrogen-bond donors (Lipinski definition) is 1. The highest BCUT2D eigenvalue weighted by Gasteiger charge is 2.11. The fourth-order valence-electron chi connectivity index (χ4n) is 2.07. The molecule has 0 atom stereocenters. The number of ether oxygens (including phenoxy) is 1. The number of hydrogen-bond acceptors (Lipinski definition) is 4. The molecule has 2 heterocycles. The van der Waals surface area contributed by atoms with Crippen molar-refractivity contribution >= 4 is 23.1 Å². The molecule has 5 nitrogen and oxygen atoms in total. The molecule has 0 amide bonds. The van der Waals surface area contributed by atoms with E-state index in [4.69, 9.17) is 16.3 Å². The fourth-order valence-corrected chi connectivity index (χ4v) is 2.30. The van der Waals surface area contributed by atoms with E-state index in [0.29, 0.717) is 22.3 Å². The summed E-state index contributed by atoms with van der Waals surface area (Å²) < 4.78 is 7.81. The molecule has 6 heteroatoms. The summed E-state index contributed by atoms with van der Waals surface area (Å²) in [5.74, 6) is 1.92. The molecular weight excluding hydrogens is 288 g/mol. The molecule has 1 N–H and O–H groups in total. The maximum absolute atomic E-state index is 5.97. The monoisotopic (exact) mass is 302 g/mol. The van der Waals surface area contributed by atoms with Gasteiger partial charge >= 0.3 is 0 Å². The Balaban J connectivity index is 2.04. The Labute approximate surface area is 127 Å². The zero-order valence-corrected chi connectivity index (χ0v) is 12.6. The quantitative estimate of drug-likeness (QED) is 0.793. The van der Waals surface area contributed by atoms with Gasteiger partial charge in [0.05, 0.1) is 6.20 Å². The van der Waals surface area contributed by atoms with E-state index in [0.717, 1.165) is 17.9 Å². The summed E-state index contributed by atoms with van der Waals surface area (Å²) in [5.41, 5.74) is 1.62. The van der Waals surface area contributed by atoms with E-state index in [-0.39, 0.29) is 0 Å². The van der Waals surface area contributed by atoms with E-state index in [2.05, 4.69) is 15.3 Å². The SMILES string of the molecule is CCNc1cn2ccnc2c(Oc2ccc(Cl)cc2C)n1. The molecule has 3 rings (SSSR count). The van der Waals surface area contributed by atoms with E-state index in [1.807, 2.05) is 42.8 Å². The van der Waals surface area contributed by atoms with Crippen molar-refractivity contribution in [3.8, 4) is 11.6 Å². The third-order valence-electron chi connectivity index (χ3n) is 3.04. The summed E-state index contributed by atoms with van der Waals surface area (Å²) in [6.07, 6.45) is 5.46. The first-order chi connectivity index (χ1) is 10.2. The van der Waals surface area contributed by atoms with Crippen LogP contribution in [0.5, 0.6) is 11.6 Å². The summed E-state index contributed by atoms with van der Waals surface area (Å²) in [6.45, 7) is 4.74. The first-order valence-electron chi connectivity index (χ1n) is 6.69. The fraction of sp³-hybridized carbons (Fsp3) is 0.200. The molecule has 0 spiro atoms. The molecule has 108 valence electrons. The average molecular weight is 303 g/mol. The number of nitrogens with zero attached hydrogens (tertiary/aromatic N) is 3. The van der Waals surface area contributed by atoms with Gasteiger partial charge in [-0.2, -0.15) is 4.98 Å². The van der Waals surface area contributed by atoms with Crippen molar-refractivity contribution in [3.05, 3.63) is 47.4 Å². The van der Waals surface area contributed by atoms with E-state index < -0.39 is 0 Å². The molecule has 0 saturated carbocycles. The van der Waals surface area contributed by atoms with Gasteiger partial charge in [-0.1, -0.05) is 11.6 Å². The van der Waals surface area contributed by atoms with Gasteiger partial charge in [0.15, 0.2) is 0 Å². The summed E-state index contributed by atoms with van der Waals surface area (Å²) in [7, 11) is 0. The largest absolute Gasteiger partial charge is 0.436 e. The second-order valence-electron chi connectivity index (χ2n) is 4.63. The number of aryl methyl sites for hydroxylation is 1. The minimum Gasteiger partial charge on any atom is -0.436 e. The van der Waals surface area contributed by atoms with Gasteiger partial charge in [-0.3, -0.25) is 4.40 Å². The van der Waals surface area contributed by atoms with Gasteiger partial charge in [-0.05, 0) is 37.6 Å². The third kappa shape index (κ3) is 2.78. The summed E-state index contributed by atoms with van der Waals surface area (Å²) in [6, 6.07) is 5.48. The maximum Gasteiger partial charge on any atom is 0.265 e. The Hall–Kier alpha value is -2.27. The van der Waals surface area contributed by atoms with Crippen LogP contribution in [-0.2, 0) is 0 Å². The molecule has 21 heavy (non-hydrogen) atoms. The van der Waals surface area contributed by atoms with E-state index in [9.17, 15) is 0 Å². The lowest BCUT2D eigenvalue weighted by atomic mass is 10.2. The van der Waals surface area contributed by atoms with Crippen LogP contribution in [0.3, 0.4) is 0 Å². The molecule has 0 fully saturated rings. The Morgan fingerprint density at radius 1 is 1.38 bits per heavy atom. The van der Waals surface area contributed by atoms with Gasteiger partial charge in [0.2, 0.25) is 5.65 Å². The number of nitrogens with one attached hydrogen (secondary N) is 1. The Morgan fingerprint density at radius 2 is 2.24 bits per heavy atom. The van der Waals surface area contributed by atoms with E-state index in [1.54, 1.807) is 12.3 Å². The Bertz CT molecular complexity index is 784. The van der Waals surface area contributed by atoms with Crippen LogP contribution in [0.2, 0.25) is 5.02 Å². The lowest BCUT2D eigenvalue weighted by Gasteiger charge is -2.11. The number of anilines is 1. The maximum atomic E-state index is 5.97. The third-order valence-corrected chi connectivity index (χ3v) is 3.28. The molecule has 0 aliphatic rings.